The smallest absolute Gasteiger partial charge is 0.140 e. The summed E-state index contributed by atoms with van der Waals surface area (Å²) >= 11 is 0. The second-order valence-corrected chi connectivity index (χ2v) is 2.84. The van der Waals surface area contributed by atoms with E-state index >= 15 is 0 Å². The van der Waals surface area contributed by atoms with Crippen LogP contribution in [0.15, 0.2) is 6.33 Å². The molecule has 0 fully saturated rings. The van der Waals surface area contributed by atoms with E-state index in [0.717, 1.165) is 12.4 Å². The molecule has 0 saturated carbocycles. The van der Waals surface area contributed by atoms with Crippen LogP contribution in [0.25, 0.3) is 0 Å². The van der Waals surface area contributed by atoms with Crippen molar-refractivity contribution in [3.63, 3.8) is 0 Å². The Morgan fingerprint density at radius 3 is 2.82 bits per heavy atom. The molecule has 0 aliphatic rings. The van der Waals surface area contributed by atoms with E-state index in [9.17, 15) is 0 Å². The van der Waals surface area contributed by atoms with Crippen LogP contribution in [0.3, 0.4) is 0 Å². The lowest BCUT2D eigenvalue weighted by Crippen LogP contribution is -2.23. The van der Waals surface area contributed by atoms with Crippen LogP contribution in [0.4, 0.5) is 0 Å². The van der Waals surface area contributed by atoms with Crippen molar-refractivity contribution in [2.24, 2.45) is 7.05 Å². The van der Waals surface area contributed by atoms with Gasteiger partial charge >= 0.3 is 0 Å². The third kappa shape index (κ3) is 2.31. The SMILES string of the molecule is CC(C)NCc1ncnn1C. The second-order valence-electron chi connectivity index (χ2n) is 2.84. The summed E-state index contributed by atoms with van der Waals surface area (Å²) in [5.74, 6) is 0.971. The van der Waals surface area contributed by atoms with E-state index in [-0.39, 0.29) is 0 Å². The van der Waals surface area contributed by atoms with Gasteiger partial charge in [-0.25, -0.2) is 4.98 Å². The van der Waals surface area contributed by atoms with Gasteiger partial charge in [-0.15, -0.1) is 0 Å². The molecule has 0 aromatic carbocycles. The van der Waals surface area contributed by atoms with Crippen LogP contribution >= 0.6 is 0 Å². The molecule has 1 heterocycles. The van der Waals surface area contributed by atoms with E-state index in [1.54, 1.807) is 11.0 Å². The fourth-order valence-electron chi connectivity index (χ4n) is 0.776. The summed E-state index contributed by atoms with van der Waals surface area (Å²) in [6, 6.07) is 0.492. The third-order valence-electron chi connectivity index (χ3n) is 1.47. The average Bonchev–Trinajstić information content (AvgIpc) is 2.31. The highest BCUT2D eigenvalue weighted by atomic mass is 15.3. The molecular formula is C7H14N4. The standard InChI is InChI=1S/C7H14N4/c1-6(2)8-4-7-9-5-10-11(7)3/h5-6,8H,4H2,1-3H3. The van der Waals surface area contributed by atoms with Gasteiger partial charge in [-0.2, -0.15) is 5.10 Å². The molecule has 0 radical (unpaired) electrons. The number of aromatic nitrogens is 3. The van der Waals surface area contributed by atoms with E-state index in [4.69, 9.17) is 0 Å². The molecule has 1 rings (SSSR count). The number of aryl methyl sites for hydroxylation is 1. The maximum atomic E-state index is 4.08. The Balaban J connectivity index is 2.44. The fraction of sp³-hybridized carbons (Fsp3) is 0.714. The number of hydrogen-bond donors (Lipinski definition) is 1. The van der Waals surface area contributed by atoms with Gasteiger partial charge in [-0.3, -0.25) is 4.68 Å². The third-order valence-corrected chi connectivity index (χ3v) is 1.47. The first-order valence-electron chi connectivity index (χ1n) is 3.76. The lowest BCUT2D eigenvalue weighted by atomic mass is 10.4. The topological polar surface area (TPSA) is 42.7 Å². The van der Waals surface area contributed by atoms with Crippen molar-refractivity contribution in [3.05, 3.63) is 12.2 Å². The first kappa shape index (κ1) is 8.20. The molecule has 1 aromatic rings. The van der Waals surface area contributed by atoms with Gasteiger partial charge in [0.05, 0.1) is 6.54 Å². The number of rotatable bonds is 3. The van der Waals surface area contributed by atoms with Gasteiger partial charge in [0.1, 0.15) is 12.2 Å². The van der Waals surface area contributed by atoms with Gasteiger partial charge in [0.15, 0.2) is 0 Å². The Morgan fingerprint density at radius 1 is 1.64 bits per heavy atom. The van der Waals surface area contributed by atoms with Crippen molar-refractivity contribution in [3.8, 4) is 0 Å². The highest BCUT2D eigenvalue weighted by molar-refractivity contribution is 4.82. The number of hydrogen-bond acceptors (Lipinski definition) is 3. The van der Waals surface area contributed by atoms with Crippen molar-refractivity contribution >= 4 is 0 Å². The van der Waals surface area contributed by atoms with Crippen molar-refractivity contribution in [2.75, 3.05) is 0 Å². The molecule has 62 valence electrons. The summed E-state index contributed by atoms with van der Waals surface area (Å²) in [5, 5.41) is 7.23. The van der Waals surface area contributed by atoms with Gasteiger partial charge in [0.2, 0.25) is 0 Å². The van der Waals surface area contributed by atoms with E-state index in [1.807, 2.05) is 7.05 Å². The molecule has 0 unspecified atom stereocenters. The molecular weight excluding hydrogens is 140 g/mol. The molecule has 4 nitrogen and oxygen atoms in total. The Kier molecular flexibility index (Phi) is 2.59. The maximum absolute atomic E-state index is 4.08. The van der Waals surface area contributed by atoms with Crippen LogP contribution < -0.4 is 5.32 Å². The van der Waals surface area contributed by atoms with E-state index in [1.165, 1.54) is 0 Å². The van der Waals surface area contributed by atoms with Crippen LogP contribution in [0.2, 0.25) is 0 Å². The summed E-state index contributed by atoms with van der Waals surface area (Å²) in [7, 11) is 1.89. The molecule has 11 heavy (non-hydrogen) atoms. The molecule has 1 aromatic heterocycles. The zero-order valence-electron chi connectivity index (χ0n) is 7.20. The quantitative estimate of drug-likeness (QED) is 0.681. The summed E-state index contributed by atoms with van der Waals surface area (Å²) < 4.78 is 1.77. The molecule has 0 spiro atoms. The van der Waals surface area contributed by atoms with Gasteiger partial charge in [-0.05, 0) is 0 Å². The molecule has 1 N–H and O–H groups in total. The molecule has 4 heteroatoms. The largest absolute Gasteiger partial charge is 0.308 e. The van der Waals surface area contributed by atoms with Gasteiger partial charge in [0.25, 0.3) is 0 Å². The minimum absolute atomic E-state index is 0.492. The highest BCUT2D eigenvalue weighted by Crippen LogP contribution is 1.90. The molecule has 0 amide bonds. The lowest BCUT2D eigenvalue weighted by molar-refractivity contribution is 0.551. The summed E-state index contributed by atoms with van der Waals surface area (Å²) in [5.41, 5.74) is 0. The zero-order valence-corrected chi connectivity index (χ0v) is 7.20. The molecule has 0 aliphatic carbocycles. The predicted octanol–water partition coefficient (Wildman–Crippen LogP) is 0.313. The number of nitrogens with zero attached hydrogens (tertiary/aromatic N) is 3. The van der Waals surface area contributed by atoms with Crippen LogP contribution in [0.1, 0.15) is 19.7 Å². The van der Waals surface area contributed by atoms with Gasteiger partial charge < -0.3 is 5.32 Å². The van der Waals surface area contributed by atoms with Gasteiger partial charge in [0, 0.05) is 13.1 Å². The maximum Gasteiger partial charge on any atom is 0.140 e. The summed E-state index contributed by atoms with van der Waals surface area (Å²) in [6.07, 6.45) is 1.57. The Labute approximate surface area is 66.6 Å². The summed E-state index contributed by atoms with van der Waals surface area (Å²) in [4.78, 5) is 4.08. The first-order chi connectivity index (χ1) is 5.20. The fourth-order valence-corrected chi connectivity index (χ4v) is 0.776. The Hall–Kier alpha value is -0.900. The van der Waals surface area contributed by atoms with Crippen molar-refractivity contribution in [2.45, 2.75) is 26.4 Å². The van der Waals surface area contributed by atoms with E-state index in [0.29, 0.717) is 6.04 Å². The average molecular weight is 154 g/mol. The van der Waals surface area contributed by atoms with Crippen molar-refractivity contribution in [1.29, 1.82) is 0 Å². The molecule has 0 bridgehead atoms. The second kappa shape index (κ2) is 3.48. The lowest BCUT2D eigenvalue weighted by Gasteiger charge is -2.06. The molecule has 0 saturated heterocycles. The first-order valence-corrected chi connectivity index (χ1v) is 3.76. The van der Waals surface area contributed by atoms with Crippen LogP contribution in [-0.4, -0.2) is 20.8 Å². The number of nitrogens with one attached hydrogen (secondary N) is 1. The monoisotopic (exact) mass is 154 g/mol. The Bertz CT molecular complexity index is 216. The van der Waals surface area contributed by atoms with Crippen molar-refractivity contribution in [1.82, 2.24) is 20.1 Å². The molecule has 0 atom stereocenters. The minimum atomic E-state index is 0.492. The predicted molar refractivity (Wildman–Crippen MR) is 43.0 cm³/mol. The Morgan fingerprint density at radius 2 is 2.36 bits per heavy atom. The van der Waals surface area contributed by atoms with Crippen molar-refractivity contribution < 1.29 is 0 Å². The summed E-state index contributed by atoms with van der Waals surface area (Å²) in [6.45, 7) is 5.00. The minimum Gasteiger partial charge on any atom is -0.308 e. The normalized spacial score (nSPS) is 10.9. The van der Waals surface area contributed by atoms with E-state index < -0.39 is 0 Å². The zero-order chi connectivity index (χ0) is 8.27. The highest BCUT2D eigenvalue weighted by Gasteiger charge is 1.99. The van der Waals surface area contributed by atoms with Crippen LogP contribution in [0.5, 0.6) is 0 Å². The molecule has 0 aliphatic heterocycles. The van der Waals surface area contributed by atoms with E-state index in [2.05, 4.69) is 29.2 Å². The van der Waals surface area contributed by atoms with Gasteiger partial charge in [-0.1, -0.05) is 13.8 Å². The van der Waals surface area contributed by atoms with Crippen LogP contribution in [-0.2, 0) is 13.6 Å². The van der Waals surface area contributed by atoms with Crippen LogP contribution in [0, 0.1) is 0 Å².